The molecule has 0 saturated heterocycles. The van der Waals surface area contributed by atoms with Gasteiger partial charge in [-0.25, -0.2) is 0 Å². The highest BCUT2D eigenvalue weighted by molar-refractivity contribution is 7.98. The highest BCUT2D eigenvalue weighted by atomic mass is 32.2. The maximum absolute atomic E-state index is 5.95. The van der Waals surface area contributed by atoms with Crippen LogP contribution in [-0.4, -0.2) is 25.7 Å². The zero-order valence-corrected chi connectivity index (χ0v) is 22.2. The largest absolute Gasteiger partial charge is 0.494 e. The van der Waals surface area contributed by atoms with Crippen molar-refractivity contribution >= 4 is 23.5 Å². The van der Waals surface area contributed by atoms with Crippen molar-refractivity contribution in [3.8, 4) is 11.5 Å². The Kier molecular flexibility index (Phi) is 13.9. The summed E-state index contributed by atoms with van der Waals surface area (Å²) < 4.78 is 11.9. The summed E-state index contributed by atoms with van der Waals surface area (Å²) in [6.07, 6.45) is 8.79. The minimum Gasteiger partial charge on any atom is -0.494 e. The molecule has 0 aliphatic rings. The van der Waals surface area contributed by atoms with Crippen molar-refractivity contribution in [2.45, 2.75) is 70.1 Å². The van der Waals surface area contributed by atoms with E-state index in [1.165, 1.54) is 22.6 Å². The molecule has 0 aliphatic heterocycles. The Hall–Kier alpha value is -1.26. The summed E-state index contributed by atoms with van der Waals surface area (Å²) in [4.78, 5) is 2.54. The Balaban J connectivity index is 0.00000233. The van der Waals surface area contributed by atoms with Crippen molar-refractivity contribution in [3.05, 3.63) is 48.5 Å². The lowest BCUT2D eigenvalue weighted by Crippen LogP contribution is -2.17. The van der Waals surface area contributed by atoms with E-state index in [0.717, 1.165) is 37.6 Å². The predicted octanol–water partition coefficient (Wildman–Crippen LogP) is 8.84. The number of hydrogen-bond donors (Lipinski definition) is 0. The molecule has 174 valence electrons. The molecule has 1 atom stereocenters. The second kappa shape index (κ2) is 15.5. The van der Waals surface area contributed by atoms with E-state index in [0.29, 0.717) is 11.3 Å². The van der Waals surface area contributed by atoms with Gasteiger partial charge in [-0.1, -0.05) is 41.0 Å². The maximum atomic E-state index is 5.95. The molecule has 2 rings (SSSR count). The Labute approximate surface area is 199 Å². The van der Waals surface area contributed by atoms with Crippen LogP contribution in [0.3, 0.4) is 0 Å². The fourth-order valence-electron chi connectivity index (χ4n) is 3.07. The third-order valence-electron chi connectivity index (χ3n) is 5.36. The molecule has 0 saturated carbocycles. The molecular formula is C27H42O2S2. The summed E-state index contributed by atoms with van der Waals surface area (Å²) in [6, 6.07) is 16.7. The van der Waals surface area contributed by atoms with E-state index in [4.69, 9.17) is 9.47 Å². The molecule has 0 N–H and O–H groups in total. The van der Waals surface area contributed by atoms with Crippen molar-refractivity contribution in [3.63, 3.8) is 0 Å². The van der Waals surface area contributed by atoms with Crippen LogP contribution >= 0.6 is 23.5 Å². The fourth-order valence-corrected chi connectivity index (χ4v) is 3.89. The summed E-state index contributed by atoms with van der Waals surface area (Å²) in [5, 5.41) is 0. The van der Waals surface area contributed by atoms with Gasteiger partial charge >= 0.3 is 0 Å². The van der Waals surface area contributed by atoms with Gasteiger partial charge in [0.2, 0.25) is 0 Å². The molecule has 0 spiro atoms. The number of thioether (sulfide) groups is 2. The molecule has 0 radical (unpaired) electrons. The minimum atomic E-state index is 0.294. The van der Waals surface area contributed by atoms with E-state index in [1.54, 1.807) is 23.5 Å². The third-order valence-corrected chi connectivity index (χ3v) is 6.85. The highest BCUT2D eigenvalue weighted by Gasteiger charge is 2.19. The Bertz CT molecular complexity index is 696. The third kappa shape index (κ3) is 11.8. The first-order valence-electron chi connectivity index (χ1n) is 11.5. The molecule has 0 amide bonds. The minimum absolute atomic E-state index is 0.294. The molecule has 4 heteroatoms. The summed E-state index contributed by atoms with van der Waals surface area (Å²) in [5.74, 6) is 2.60. The lowest BCUT2D eigenvalue weighted by molar-refractivity contribution is 0.199. The summed E-state index contributed by atoms with van der Waals surface area (Å²) in [6.45, 7) is 12.6. The Morgan fingerprint density at radius 2 is 1.16 bits per heavy atom. The van der Waals surface area contributed by atoms with Crippen LogP contribution in [0.5, 0.6) is 11.5 Å². The van der Waals surface area contributed by atoms with Gasteiger partial charge in [-0.2, -0.15) is 0 Å². The average molecular weight is 463 g/mol. The molecule has 0 heterocycles. The first-order valence-corrected chi connectivity index (χ1v) is 13.9. The molecule has 0 aromatic heterocycles. The Morgan fingerprint density at radius 1 is 0.710 bits per heavy atom. The van der Waals surface area contributed by atoms with Crippen LogP contribution in [0, 0.1) is 11.3 Å². The molecule has 0 bridgehead atoms. The SMILES string of the molecule is CC.CSc1ccc(OCCC(C)CCC(C)(C)CCOc2ccc(SC)cc2)cc1. The standard InChI is InChI=1S/C25H36O2S2.C2H6/c1-20(15-18-26-21-6-10-23(28-4)11-7-21)14-16-25(2,3)17-19-27-22-8-12-24(29-5)13-9-22;1-2/h6-13,20H,14-19H2,1-5H3;1-2H3. The van der Waals surface area contributed by atoms with Crippen molar-refractivity contribution in [1.29, 1.82) is 0 Å². The fraction of sp³-hybridized carbons (Fsp3) is 0.556. The van der Waals surface area contributed by atoms with Crippen LogP contribution < -0.4 is 9.47 Å². The van der Waals surface area contributed by atoms with Crippen LogP contribution in [0.15, 0.2) is 58.3 Å². The van der Waals surface area contributed by atoms with Gasteiger partial charge in [0.25, 0.3) is 0 Å². The molecule has 2 nitrogen and oxygen atoms in total. The van der Waals surface area contributed by atoms with Gasteiger partial charge in [-0.3, -0.25) is 0 Å². The monoisotopic (exact) mass is 462 g/mol. The van der Waals surface area contributed by atoms with E-state index in [9.17, 15) is 0 Å². The van der Waals surface area contributed by atoms with Gasteiger partial charge in [0, 0.05) is 9.79 Å². The van der Waals surface area contributed by atoms with Gasteiger partial charge in [0.05, 0.1) is 13.2 Å². The van der Waals surface area contributed by atoms with E-state index >= 15 is 0 Å². The summed E-state index contributed by atoms with van der Waals surface area (Å²) in [7, 11) is 0. The van der Waals surface area contributed by atoms with Gasteiger partial charge in [0.1, 0.15) is 11.5 Å². The van der Waals surface area contributed by atoms with Crippen molar-refractivity contribution in [1.82, 2.24) is 0 Å². The number of ether oxygens (including phenoxy) is 2. The molecule has 1 unspecified atom stereocenters. The van der Waals surface area contributed by atoms with Crippen molar-refractivity contribution < 1.29 is 9.47 Å². The molecule has 0 fully saturated rings. The molecular weight excluding hydrogens is 420 g/mol. The normalized spacial score (nSPS) is 12.0. The Morgan fingerprint density at radius 3 is 1.61 bits per heavy atom. The van der Waals surface area contributed by atoms with E-state index in [-0.39, 0.29) is 0 Å². The first kappa shape index (κ1) is 27.8. The average Bonchev–Trinajstić information content (AvgIpc) is 2.80. The number of benzene rings is 2. The smallest absolute Gasteiger partial charge is 0.119 e. The van der Waals surface area contributed by atoms with E-state index in [2.05, 4.69) is 81.8 Å². The molecule has 2 aromatic rings. The second-order valence-corrected chi connectivity index (χ2v) is 10.2. The quantitative estimate of drug-likeness (QED) is 0.277. The summed E-state index contributed by atoms with van der Waals surface area (Å²) >= 11 is 3.51. The highest BCUT2D eigenvalue weighted by Crippen LogP contribution is 2.30. The van der Waals surface area contributed by atoms with Crippen LogP contribution in [0.1, 0.15) is 60.3 Å². The molecule has 2 aromatic carbocycles. The van der Waals surface area contributed by atoms with Gasteiger partial charge < -0.3 is 9.47 Å². The predicted molar refractivity (Wildman–Crippen MR) is 140 cm³/mol. The van der Waals surface area contributed by atoms with Crippen molar-refractivity contribution in [2.75, 3.05) is 25.7 Å². The summed E-state index contributed by atoms with van der Waals surface area (Å²) in [5.41, 5.74) is 0.294. The number of hydrogen-bond acceptors (Lipinski definition) is 4. The van der Waals surface area contributed by atoms with Crippen LogP contribution in [0.4, 0.5) is 0 Å². The topological polar surface area (TPSA) is 18.5 Å². The number of rotatable bonds is 13. The zero-order chi connectivity index (χ0) is 23.1. The van der Waals surface area contributed by atoms with Crippen LogP contribution in [0.2, 0.25) is 0 Å². The van der Waals surface area contributed by atoms with E-state index < -0.39 is 0 Å². The lowest BCUT2D eigenvalue weighted by atomic mass is 9.82. The molecule has 0 aliphatic carbocycles. The van der Waals surface area contributed by atoms with Crippen molar-refractivity contribution in [2.24, 2.45) is 11.3 Å². The van der Waals surface area contributed by atoms with E-state index in [1.807, 2.05) is 13.8 Å². The zero-order valence-electron chi connectivity index (χ0n) is 20.6. The van der Waals surface area contributed by atoms with Crippen LogP contribution in [0.25, 0.3) is 0 Å². The molecule has 31 heavy (non-hydrogen) atoms. The first-order chi connectivity index (χ1) is 14.9. The van der Waals surface area contributed by atoms with Gasteiger partial charge in [0.15, 0.2) is 0 Å². The van der Waals surface area contributed by atoms with Crippen LogP contribution in [-0.2, 0) is 0 Å². The van der Waals surface area contributed by atoms with Gasteiger partial charge in [-0.05, 0) is 91.6 Å². The second-order valence-electron chi connectivity index (χ2n) is 8.39. The van der Waals surface area contributed by atoms with Gasteiger partial charge in [-0.15, -0.1) is 23.5 Å². The maximum Gasteiger partial charge on any atom is 0.119 e. The lowest BCUT2D eigenvalue weighted by Gasteiger charge is -2.26.